The Kier molecular flexibility index (Phi) is 9.27. The van der Waals surface area contributed by atoms with Gasteiger partial charge in [-0.25, -0.2) is 4.39 Å². The van der Waals surface area contributed by atoms with Crippen LogP contribution < -0.4 is 5.32 Å². The summed E-state index contributed by atoms with van der Waals surface area (Å²) >= 11 is 3.17. The van der Waals surface area contributed by atoms with Crippen molar-refractivity contribution in [1.29, 1.82) is 0 Å². The van der Waals surface area contributed by atoms with Crippen molar-refractivity contribution in [3.05, 3.63) is 28.0 Å². The van der Waals surface area contributed by atoms with Gasteiger partial charge in [-0.05, 0) is 40.8 Å². The summed E-state index contributed by atoms with van der Waals surface area (Å²) in [6.07, 6.45) is 1.95. The van der Waals surface area contributed by atoms with Gasteiger partial charge in [-0.1, -0.05) is 6.07 Å². The Bertz CT molecular complexity index is 509. The van der Waals surface area contributed by atoms with Crippen LogP contribution in [0.15, 0.2) is 16.6 Å². The number of hydrogen-bond acceptors (Lipinski definition) is 4. The van der Waals surface area contributed by atoms with E-state index in [1.165, 1.54) is 6.07 Å². The molecule has 0 saturated carbocycles. The monoisotopic (exact) mass is 444 g/mol. The average Bonchev–Trinajstić information content (AvgIpc) is 2.57. The van der Waals surface area contributed by atoms with Gasteiger partial charge in [0.2, 0.25) is 0 Å². The van der Waals surface area contributed by atoms with Gasteiger partial charge in [-0.2, -0.15) is 0 Å². The van der Waals surface area contributed by atoms with E-state index in [2.05, 4.69) is 26.1 Å². The first-order valence-electron chi connectivity index (χ1n) is 7.88. The predicted octanol–water partition coefficient (Wildman–Crippen LogP) is 3.51. The van der Waals surface area contributed by atoms with Gasteiger partial charge in [-0.15, -0.1) is 24.8 Å². The van der Waals surface area contributed by atoms with Crippen LogP contribution in [-0.4, -0.2) is 49.4 Å². The highest BCUT2D eigenvalue weighted by molar-refractivity contribution is 9.10. The molecule has 2 aliphatic rings. The lowest BCUT2D eigenvalue weighted by Crippen LogP contribution is -2.47. The van der Waals surface area contributed by atoms with E-state index in [9.17, 15) is 9.50 Å². The number of rotatable bonds is 3. The molecule has 8 heteroatoms. The summed E-state index contributed by atoms with van der Waals surface area (Å²) in [5.41, 5.74) is 0.821. The number of hydrogen-bond donors (Lipinski definition) is 2. The van der Waals surface area contributed by atoms with Gasteiger partial charge >= 0.3 is 0 Å². The van der Waals surface area contributed by atoms with Crippen LogP contribution in [0.3, 0.4) is 0 Å². The fourth-order valence-corrected chi connectivity index (χ4v) is 3.90. The molecule has 0 radical (unpaired) electrons. The van der Waals surface area contributed by atoms with E-state index in [-0.39, 0.29) is 41.1 Å². The SMILES string of the molecule is Cl.Cl.Oc1c([C@H](C2CCOCC2)N2CCNCC2)ccc(F)c1Br. The quantitative estimate of drug-likeness (QED) is 0.747. The first-order chi connectivity index (χ1) is 10.7. The minimum atomic E-state index is -0.424. The summed E-state index contributed by atoms with van der Waals surface area (Å²) < 4.78 is 19.3. The minimum absolute atomic E-state index is 0. The second-order valence-corrected chi connectivity index (χ2v) is 6.77. The molecule has 1 aromatic rings. The number of ether oxygens (including phenoxy) is 1. The van der Waals surface area contributed by atoms with Crippen LogP contribution in [0.25, 0.3) is 0 Å². The summed E-state index contributed by atoms with van der Waals surface area (Å²) in [5.74, 6) is 0.0393. The second kappa shape index (κ2) is 10.1. The van der Waals surface area contributed by atoms with Gasteiger partial charge in [0, 0.05) is 51.0 Å². The minimum Gasteiger partial charge on any atom is -0.506 e. The molecule has 0 amide bonds. The summed E-state index contributed by atoms with van der Waals surface area (Å²) in [4.78, 5) is 2.41. The average molecular weight is 446 g/mol. The van der Waals surface area contributed by atoms with Crippen LogP contribution in [-0.2, 0) is 4.74 Å². The smallest absolute Gasteiger partial charge is 0.141 e. The third-order valence-corrected chi connectivity index (χ3v) is 5.43. The van der Waals surface area contributed by atoms with Gasteiger partial charge < -0.3 is 15.2 Å². The maximum Gasteiger partial charge on any atom is 0.141 e. The summed E-state index contributed by atoms with van der Waals surface area (Å²) in [6.45, 7) is 5.30. The third kappa shape index (κ3) is 4.74. The van der Waals surface area contributed by atoms with Crippen LogP contribution in [0.5, 0.6) is 5.75 Å². The van der Waals surface area contributed by atoms with E-state index in [1.807, 2.05) is 0 Å². The largest absolute Gasteiger partial charge is 0.506 e. The molecular formula is C16H24BrCl2FN2O2. The standard InChI is InChI=1S/C16H22BrFN2O2.2ClH/c17-14-13(18)2-1-12(16(14)21)15(11-3-9-22-10-4-11)20-7-5-19-6-8-20;;/h1-2,11,15,19,21H,3-10H2;2*1H/t15-;;/m0../s1. The molecule has 24 heavy (non-hydrogen) atoms. The van der Waals surface area contributed by atoms with Crippen molar-refractivity contribution >= 4 is 40.7 Å². The lowest BCUT2D eigenvalue weighted by molar-refractivity contribution is 0.0206. The van der Waals surface area contributed by atoms with Crippen molar-refractivity contribution < 1.29 is 14.2 Å². The van der Waals surface area contributed by atoms with Gasteiger partial charge in [-0.3, -0.25) is 4.90 Å². The molecule has 2 N–H and O–H groups in total. The summed E-state index contributed by atoms with van der Waals surface area (Å²) in [7, 11) is 0. The molecule has 2 aliphatic heterocycles. The van der Waals surface area contributed by atoms with E-state index >= 15 is 0 Å². The molecule has 3 rings (SSSR count). The zero-order chi connectivity index (χ0) is 15.5. The Morgan fingerprint density at radius 2 is 1.83 bits per heavy atom. The van der Waals surface area contributed by atoms with Crippen LogP contribution in [0.4, 0.5) is 4.39 Å². The van der Waals surface area contributed by atoms with Gasteiger partial charge in [0.05, 0.1) is 4.47 Å². The fraction of sp³-hybridized carbons (Fsp3) is 0.625. The molecular weight excluding hydrogens is 422 g/mol. The van der Waals surface area contributed by atoms with Crippen molar-refractivity contribution in [2.45, 2.75) is 18.9 Å². The number of phenolic OH excluding ortho intramolecular Hbond substituents is 1. The van der Waals surface area contributed by atoms with E-state index in [4.69, 9.17) is 4.74 Å². The molecule has 0 bridgehead atoms. The number of aromatic hydroxyl groups is 1. The highest BCUT2D eigenvalue weighted by Crippen LogP contribution is 2.42. The van der Waals surface area contributed by atoms with Crippen molar-refractivity contribution in [3.63, 3.8) is 0 Å². The normalized spacial score (nSPS) is 20.8. The molecule has 0 aromatic heterocycles. The molecule has 1 atom stereocenters. The van der Waals surface area contributed by atoms with Crippen molar-refractivity contribution in [1.82, 2.24) is 10.2 Å². The topological polar surface area (TPSA) is 44.7 Å². The van der Waals surface area contributed by atoms with Crippen LogP contribution in [0.1, 0.15) is 24.4 Å². The zero-order valence-electron chi connectivity index (χ0n) is 13.3. The lowest BCUT2D eigenvalue weighted by Gasteiger charge is -2.41. The molecule has 1 aromatic carbocycles. The van der Waals surface area contributed by atoms with E-state index < -0.39 is 5.82 Å². The lowest BCUT2D eigenvalue weighted by atomic mass is 9.85. The maximum atomic E-state index is 13.7. The third-order valence-electron chi connectivity index (χ3n) is 4.68. The number of nitrogens with one attached hydrogen (secondary N) is 1. The van der Waals surface area contributed by atoms with E-state index in [1.54, 1.807) is 6.07 Å². The molecule has 0 unspecified atom stereocenters. The maximum absolute atomic E-state index is 13.7. The van der Waals surface area contributed by atoms with Crippen molar-refractivity contribution in [3.8, 4) is 5.75 Å². The Morgan fingerprint density at radius 1 is 1.21 bits per heavy atom. The van der Waals surface area contributed by atoms with E-state index in [0.29, 0.717) is 5.92 Å². The highest BCUT2D eigenvalue weighted by atomic mass is 79.9. The predicted molar refractivity (Wildman–Crippen MR) is 101 cm³/mol. The van der Waals surface area contributed by atoms with Gasteiger partial charge in [0.15, 0.2) is 0 Å². The van der Waals surface area contributed by atoms with Crippen LogP contribution in [0, 0.1) is 11.7 Å². The molecule has 2 fully saturated rings. The number of phenols is 1. The Labute approximate surface area is 163 Å². The zero-order valence-corrected chi connectivity index (χ0v) is 16.6. The number of piperazine rings is 1. The van der Waals surface area contributed by atoms with Crippen LogP contribution >= 0.6 is 40.7 Å². The van der Waals surface area contributed by atoms with Crippen LogP contribution in [0.2, 0.25) is 0 Å². The fourth-order valence-electron chi connectivity index (χ4n) is 3.53. The van der Waals surface area contributed by atoms with Gasteiger partial charge in [0.1, 0.15) is 11.6 Å². The molecule has 2 heterocycles. The molecule has 4 nitrogen and oxygen atoms in total. The number of benzene rings is 1. The molecule has 0 spiro atoms. The Balaban J connectivity index is 0.00000144. The van der Waals surface area contributed by atoms with Crippen molar-refractivity contribution in [2.75, 3.05) is 39.4 Å². The highest BCUT2D eigenvalue weighted by Gasteiger charge is 2.33. The van der Waals surface area contributed by atoms with Gasteiger partial charge in [0.25, 0.3) is 0 Å². The van der Waals surface area contributed by atoms with Crippen molar-refractivity contribution in [2.24, 2.45) is 5.92 Å². The molecule has 2 saturated heterocycles. The number of nitrogens with zero attached hydrogens (tertiary/aromatic N) is 1. The molecule has 138 valence electrons. The van der Waals surface area contributed by atoms with E-state index in [0.717, 1.165) is 57.8 Å². The first kappa shape index (κ1) is 21.9. The number of halogens is 4. The Morgan fingerprint density at radius 3 is 2.46 bits per heavy atom. The Hall–Kier alpha value is -0.110. The summed E-state index contributed by atoms with van der Waals surface area (Å²) in [5, 5.41) is 13.8. The molecule has 0 aliphatic carbocycles. The summed E-state index contributed by atoms with van der Waals surface area (Å²) in [6, 6.07) is 3.29. The first-order valence-corrected chi connectivity index (χ1v) is 8.67. The second-order valence-electron chi connectivity index (χ2n) is 5.98.